The van der Waals surface area contributed by atoms with Gasteiger partial charge in [0.2, 0.25) is 0 Å². The lowest BCUT2D eigenvalue weighted by atomic mass is 10.1. The van der Waals surface area contributed by atoms with Gasteiger partial charge in [0.15, 0.2) is 11.5 Å². The van der Waals surface area contributed by atoms with Crippen LogP contribution in [0.5, 0.6) is 11.5 Å². The van der Waals surface area contributed by atoms with Crippen molar-refractivity contribution in [2.75, 3.05) is 20.3 Å². The van der Waals surface area contributed by atoms with E-state index in [9.17, 15) is 19.2 Å². The van der Waals surface area contributed by atoms with Gasteiger partial charge in [-0.1, -0.05) is 29.8 Å². The van der Waals surface area contributed by atoms with E-state index in [1.54, 1.807) is 37.3 Å². The van der Waals surface area contributed by atoms with Crippen LogP contribution in [0.25, 0.3) is 6.08 Å². The molecule has 0 aliphatic carbocycles. The van der Waals surface area contributed by atoms with E-state index in [0.717, 1.165) is 4.90 Å². The highest BCUT2D eigenvalue weighted by Crippen LogP contribution is 2.35. The third-order valence-electron chi connectivity index (χ3n) is 4.25. The van der Waals surface area contributed by atoms with Gasteiger partial charge in [-0.15, -0.1) is 0 Å². The number of amides is 2. The fourth-order valence-corrected chi connectivity index (χ4v) is 3.82. The smallest absolute Gasteiger partial charge is 0.345 e. The van der Waals surface area contributed by atoms with Crippen molar-refractivity contribution >= 4 is 52.5 Å². The lowest BCUT2D eigenvalue weighted by molar-refractivity contribution is -0.145. The van der Waals surface area contributed by atoms with E-state index in [1.807, 2.05) is 0 Å². The van der Waals surface area contributed by atoms with Crippen molar-refractivity contribution in [1.29, 1.82) is 0 Å². The van der Waals surface area contributed by atoms with Crippen LogP contribution in [0, 0.1) is 0 Å². The zero-order chi connectivity index (χ0) is 23.3. The monoisotopic (exact) mass is 475 g/mol. The molecule has 2 aromatic carbocycles. The van der Waals surface area contributed by atoms with Gasteiger partial charge in [-0.25, -0.2) is 4.79 Å². The normalized spacial score (nSPS) is 14.6. The number of rotatable bonds is 7. The highest BCUT2D eigenvalue weighted by Gasteiger charge is 2.36. The Morgan fingerprint density at radius 2 is 1.88 bits per heavy atom. The van der Waals surface area contributed by atoms with E-state index in [4.69, 9.17) is 25.8 Å². The second kappa shape index (κ2) is 10.3. The molecule has 0 N–H and O–H groups in total. The summed E-state index contributed by atoms with van der Waals surface area (Å²) >= 11 is 6.75. The molecule has 2 aromatic rings. The summed E-state index contributed by atoms with van der Waals surface area (Å²) in [5.74, 6) is -1.57. The summed E-state index contributed by atoms with van der Waals surface area (Å²) in [6.45, 7) is 1.32. The molecule has 3 rings (SSSR count). The summed E-state index contributed by atoms with van der Waals surface area (Å²) in [5, 5.41) is -0.337. The van der Waals surface area contributed by atoms with Gasteiger partial charge in [-0.3, -0.25) is 19.3 Å². The highest BCUT2D eigenvalue weighted by atomic mass is 35.5. The van der Waals surface area contributed by atoms with Crippen molar-refractivity contribution in [1.82, 2.24) is 4.90 Å². The quantitative estimate of drug-likeness (QED) is 0.334. The van der Waals surface area contributed by atoms with Gasteiger partial charge in [0.25, 0.3) is 11.1 Å². The molecule has 0 aromatic heterocycles. The lowest BCUT2D eigenvalue weighted by Crippen LogP contribution is -2.34. The first-order valence-corrected chi connectivity index (χ1v) is 10.6. The van der Waals surface area contributed by atoms with Gasteiger partial charge in [-0.05, 0) is 54.6 Å². The minimum Gasteiger partial charge on any atom is -0.493 e. The minimum absolute atomic E-state index is 0.108. The number of nitrogens with zero attached hydrogens (tertiary/aromatic N) is 1. The predicted molar refractivity (Wildman–Crippen MR) is 119 cm³/mol. The number of halogens is 1. The van der Waals surface area contributed by atoms with E-state index in [2.05, 4.69) is 0 Å². The standard InChI is InChI=1S/C22H18ClNO7S/c1-3-30-19(25)12-24-20(26)18(32-22(24)28)11-13-8-9-16(29-2)17(10-13)31-21(27)14-6-4-5-7-15(14)23/h4-11H,3,12H2,1-2H3/b18-11-. The molecule has 8 nitrogen and oxygen atoms in total. The Hall–Kier alpha value is -3.30. The van der Waals surface area contributed by atoms with Crippen molar-refractivity contribution in [2.45, 2.75) is 6.92 Å². The van der Waals surface area contributed by atoms with Gasteiger partial charge in [0.05, 0.1) is 29.2 Å². The summed E-state index contributed by atoms with van der Waals surface area (Å²) in [5.41, 5.74) is 0.663. The van der Waals surface area contributed by atoms with Gasteiger partial charge in [0, 0.05) is 0 Å². The third kappa shape index (κ3) is 5.30. The second-order valence-corrected chi connectivity index (χ2v) is 7.75. The number of hydrogen-bond acceptors (Lipinski definition) is 8. The van der Waals surface area contributed by atoms with Crippen LogP contribution in [0.3, 0.4) is 0 Å². The fraction of sp³-hybridized carbons (Fsp3) is 0.182. The van der Waals surface area contributed by atoms with Crippen LogP contribution in [0.15, 0.2) is 47.4 Å². The number of imide groups is 1. The number of hydrogen-bond donors (Lipinski definition) is 0. The van der Waals surface area contributed by atoms with E-state index in [-0.39, 0.29) is 33.6 Å². The van der Waals surface area contributed by atoms with Crippen molar-refractivity contribution in [3.63, 3.8) is 0 Å². The third-order valence-corrected chi connectivity index (χ3v) is 5.48. The van der Waals surface area contributed by atoms with Crippen LogP contribution in [-0.4, -0.2) is 48.2 Å². The molecule has 1 heterocycles. The lowest BCUT2D eigenvalue weighted by Gasteiger charge is -2.11. The SMILES string of the molecule is CCOC(=O)CN1C(=O)S/C(=C\c2ccc(OC)c(OC(=O)c3ccccc3Cl)c2)C1=O. The predicted octanol–water partition coefficient (Wildman–Crippen LogP) is 4.17. The number of carbonyl (C=O) groups is 4. The van der Waals surface area contributed by atoms with Gasteiger partial charge < -0.3 is 14.2 Å². The number of esters is 2. The van der Waals surface area contributed by atoms with E-state index >= 15 is 0 Å². The zero-order valence-electron chi connectivity index (χ0n) is 17.1. The second-order valence-electron chi connectivity index (χ2n) is 6.35. The number of benzene rings is 2. The summed E-state index contributed by atoms with van der Waals surface area (Å²) < 4.78 is 15.5. The number of methoxy groups -OCH3 is 1. The topological polar surface area (TPSA) is 99.2 Å². The highest BCUT2D eigenvalue weighted by molar-refractivity contribution is 8.18. The molecule has 1 aliphatic heterocycles. The molecule has 2 amide bonds. The Balaban J connectivity index is 1.83. The molecule has 1 saturated heterocycles. The van der Waals surface area contributed by atoms with Crippen LogP contribution in [0.4, 0.5) is 4.79 Å². The maximum absolute atomic E-state index is 12.6. The molecule has 0 radical (unpaired) electrons. The average molecular weight is 476 g/mol. The maximum Gasteiger partial charge on any atom is 0.345 e. The van der Waals surface area contributed by atoms with Crippen molar-refractivity contribution in [3.05, 3.63) is 63.5 Å². The van der Waals surface area contributed by atoms with Crippen LogP contribution in [0.2, 0.25) is 5.02 Å². The zero-order valence-corrected chi connectivity index (χ0v) is 18.7. The molecule has 1 fully saturated rings. The molecule has 1 aliphatic rings. The molecule has 0 saturated carbocycles. The molecule has 10 heteroatoms. The number of ether oxygens (including phenoxy) is 3. The van der Waals surface area contributed by atoms with E-state index in [0.29, 0.717) is 17.3 Å². The van der Waals surface area contributed by atoms with Crippen LogP contribution >= 0.6 is 23.4 Å². The largest absolute Gasteiger partial charge is 0.493 e. The first-order chi connectivity index (χ1) is 15.3. The number of thioether (sulfide) groups is 1. The minimum atomic E-state index is -0.680. The van der Waals surface area contributed by atoms with E-state index in [1.165, 1.54) is 25.3 Å². The number of carbonyl (C=O) groups excluding carboxylic acids is 4. The molecule has 0 unspecified atom stereocenters. The Kier molecular flexibility index (Phi) is 7.55. The first kappa shape index (κ1) is 23.4. The molecule has 0 atom stereocenters. The van der Waals surface area contributed by atoms with Crippen molar-refractivity contribution < 1.29 is 33.4 Å². The van der Waals surface area contributed by atoms with Gasteiger partial charge in [-0.2, -0.15) is 0 Å². The van der Waals surface area contributed by atoms with Crippen LogP contribution in [-0.2, 0) is 14.3 Å². The molecule has 0 bridgehead atoms. The van der Waals surface area contributed by atoms with E-state index < -0.39 is 29.6 Å². The molecule has 32 heavy (non-hydrogen) atoms. The van der Waals surface area contributed by atoms with Crippen molar-refractivity contribution in [2.24, 2.45) is 0 Å². The molecular formula is C22H18ClNO7S. The molecular weight excluding hydrogens is 458 g/mol. The summed E-state index contributed by atoms with van der Waals surface area (Å²) in [6, 6.07) is 11.1. The maximum atomic E-state index is 12.6. The van der Waals surface area contributed by atoms with Gasteiger partial charge >= 0.3 is 11.9 Å². The Morgan fingerprint density at radius 1 is 1.12 bits per heavy atom. The van der Waals surface area contributed by atoms with Crippen LogP contribution in [0.1, 0.15) is 22.8 Å². The van der Waals surface area contributed by atoms with Crippen LogP contribution < -0.4 is 9.47 Å². The average Bonchev–Trinajstić information content (AvgIpc) is 3.01. The first-order valence-electron chi connectivity index (χ1n) is 9.39. The van der Waals surface area contributed by atoms with Gasteiger partial charge in [0.1, 0.15) is 6.54 Å². The molecule has 0 spiro atoms. The van der Waals surface area contributed by atoms with Crippen molar-refractivity contribution in [3.8, 4) is 11.5 Å². The Labute approximate surface area is 193 Å². The summed E-state index contributed by atoms with van der Waals surface area (Å²) in [4.78, 5) is 49.8. The summed E-state index contributed by atoms with van der Waals surface area (Å²) in [6.07, 6.45) is 1.46. The Morgan fingerprint density at radius 3 is 2.56 bits per heavy atom. The molecule has 166 valence electrons. The summed E-state index contributed by atoms with van der Waals surface area (Å²) in [7, 11) is 1.42. The fourth-order valence-electron chi connectivity index (χ4n) is 2.77. The Bertz CT molecular complexity index is 1120.